The van der Waals surface area contributed by atoms with Gasteiger partial charge in [-0.15, -0.1) is 0 Å². The number of hydrogen-bond donors (Lipinski definition) is 0. The number of benzene rings is 3. The summed E-state index contributed by atoms with van der Waals surface area (Å²) in [6.45, 7) is 3.08. The van der Waals surface area contributed by atoms with Crippen LogP contribution in [0.5, 0.6) is 11.5 Å². The summed E-state index contributed by atoms with van der Waals surface area (Å²) in [6, 6.07) is 21.3. The molecule has 1 atom stereocenters. The van der Waals surface area contributed by atoms with Crippen molar-refractivity contribution >= 4 is 17.2 Å². The fourth-order valence-electron chi connectivity index (χ4n) is 3.04. The summed E-state index contributed by atoms with van der Waals surface area (Å²) in [5, 5.41) is 0. The van der Waals surface area contributed by atoms with Crippen LogP contribution < -0.4 is 9.47 Å². The molecule has 6 heteroatoms. The number of methoxy groups -OCH3 is 2. The van der Waals surface area contributed by atoms with Crippen LogP contribution in [0.3, 0.4) is 0 Å². The molecule has 3 rings (SSSR count). The molecule has 0 spiro atoms. The van der Waals surface area contributed by atoms with Crippen LogP contribution >= 0.6 is 0 Å². The lowest BCUT2D eigenvalue weighted by atomic mass is 10.0. The van der Waals surface area contributed by atoms with Crippen molar-refractivity contribution in [1.29, 1.82) is 0 Å². The van der Waals surface area contributed by atoms with Gasteiger partial charge in [-0.3, -0.25) is 0 Å². The zero-order valence-corrected chi connectivity index (χ0v) is 18.9. The van der Waals surface area contributed by atoms with E-state index >= 15 is 0 Å². The minimum absolute atomic E-state index is 0.534. The van der Waals surface area contributed by atoms with E-state index in [9.17, 15) is 4.21 Å². The second-order valence-electron chi connectivity index (χ2n) is 6.99. The van der Waals surface area contributed by atoms with Crippen molar-refractivity contribution in [2.45, 2.75) is 24.8 Å². The Morgan fingerprint density at radius 1 is 0.935 bits per heavy atom. The number of ether oxygens (including phenoxy) is 3. The summed E-state index contributed by atoms with van der Waals surface area (Å²) in [7, 11) is 1.71. The molecule has 31 heavy (non-hydrogen) atoms. The Labute approximate surface area is 186 Å². The molecule has 0 bridgehead atoms. The monoisotopic (exact) mass is 437 g/mol. The van der Waals surface area contributed by atoms with E-state index in [0.717, 1.165) is 22.3 Å². The molecule has 0 aromatic heterocycles. The number of nitrogens with zero attached hydrogens (tertiary/aromatic N) is 1. The molecule has 0 aliphatic rings. The largest absolute Gasteiger partial charge is 0.493 e. The molecular formula is C25H27NO4S. The third kappa shape index (κ3) is 6.51. The predicted octanol–water partition coefficient (Wildman–Crippen LogP) is 4.91. The number of rotatable bonds is 10. The zero-order valence-electron chi connectivity index (χ0n) is 18.0. The van der Waals surface area contributed by atoms with Crippen LogP contribution in [0.15, 0.2) is 76.0 Å². The predicted molar refractivity (Wildman–Crippen MR) is 125 cm³/mol. The standard InChI is InChI=1S/C25H27NO4S/c1-19-9-11-23(12-10-19)31(27)26-17-22-16-25(29-3)24(28-2)15-21(22)13-14-30-18-20-7-5-4-6-8-20/h4-12,15-17H,13-14,18H2,1-3H3/b26-17+/t31-/m0/s1. The third-order valence-corrected chi connectivity index (χ3v) is 5.76. The van der Waals surface area contributed by atoms with Gasteiger partial charge in [0.1, 0.15) is 0 Å². The Balaban J connectivity index is 1.75. The van der Waals surface area contributed by atoms with Crippen molar-refractivity contribution in [1.82, 2.24) is 0 Å². The van der Waals surface area contributed by atoms with Gasteiger partial charge in [0, 0.05) is 11.8 Å². The van der Waals surface area contributed by atoms with Gasteiger partial charge in [-0.05, 0) is 48.7 Å². The Morgan fingerprint density at radius 2 is 1.61 bits per heavy atom. The summed E-state index contributed by atoms with van der Waals surface area (Å²) in [5.74, 6) is 1.23. The van der Waals surface area contributed by atoms with Gasteiger partial charge in [-0.25, -0.2) is 4.21 Å². The third-order valence-electron chi connectivity index (χ3n) is 4.78. The van der Waals surface area contributed by atoms with Crippen molar-refractivity contribution in [2.75, 3.05) is 20.8 Å². The Hall–Kier alpha value is -2.96. The fourth-order valence-corrected chi connectivity index (χ4v) is 3.74. The van der Waals surface area contributed by atoms with Gasteiger partial charge in [-0.2, -0.15) is 4.40 Å². The van der Waals surface area contributed by atoms with Crippen LogP contribution in [0.4, 0.5) is 0 Å². The highest BCUT2D eigenvalue weighted by Gasteiger charge is 2.11. The van der Waals surface area contributed by atoms with Crippen LogP contribution in [0, 0.1) is 6.92 Å². The number of aryl methyl sites for hydroxylation is 1. The summed E-state index contributed by atoms with van der Waals surface area (Å²) < 4.78 is 33.5. The van der Waals surface area contributed by atoms with E-state index in [1.54, 1.807) is 20.4 Å². The lowest BCUT2D eigenvalue weighted by Gasteiger charge is -2.13. The summed E-state index contributed by atoms with van der Waals surface area (Å²) >= 11 is 0. The van der Waals surface area contributed by atoms with E-state index in [1.807, 2.05) is 73.7 Å². The molecule has 0 unspecified atom stereocenters. The van der Waals surface area contributed by atoms with Crippen molar-refractivity contribution in [3.8, 4) is 11.5 Å². The van der Waals surface area contributed by atoms with Gasteiger partial charge in [0.25, 0.3) is 0 Å². The second-order valence-corrected chi connectivity index (χ2v) is 8.17. The maximum atomic E-state index is 12.6. The normalized spacial score (nSPS) is 12.1. The Morgan fingerprint density at radius 3 is 2.29 bits per heavy atom. The maximum Gasteiger partial charge on any atom is 0.172 e. The molecule has 162 valence electrons. The summed E-state index contributed by atoms with van der Waals surface area (Å²) in [6.07, 6.45) is 2.29. The molecular weight excluding hydrogens is 410 g/mol. The molecule has 0 saturated carbocycles. The first-order valence-electron chi connectivity index (χ1n) is 10.00. The van der Waals surface area contributed by atoms with Crippen LogP contribution in [0.2, 0.25) is 0 Å². The molecule has 0 aliphatic heterocycles. The minimum Gasteiger partial charge on any atom is -0.493 e. The zero-order chi connectivity index (χ0) is 22.1. The summed E-state index contributed by atoms with van der Waals surface area (Å²) in [4.78, 5) is 0.662. The van der Waals surface area contributed by atoms with Crippen molar-refractivity contribution in [3.05, 3.63) is 89.0 Å². The molecule has 3 aromatic carbocycles. The second kappa shape index (κ2) is 11.4. The molecule has 5 nitrogen and oxygen atoms in total. The molecule has 0 N–H and O–H groups in total. The average molecular weight is 438 g/mol. The van der Waals surface area contributed by atoms with E-state index in [1.165, 1.54) is 0 Å². The Kier molecular flexibility index (Phi) is 8.38. The van der Waals surface area contributed by atoms with Gasteiger partial charge in [0.15, 0.2) is 22.5 Å². The van der Waals surface area contributed by atoms with E-state index in [4.69, 9.17) is 14.2 Å². The molecule has 0 fully saturated rings. The quantitative estimate of drug-likeness (QED) is 0.334. The van der Waals surface area contributed by atoms with Gasteiger partial charge in [0.2, 0.25) is 0 Å². The molecule has 3 aromatic rings. The van der Waals surface area contributed by atoms with E-state index < -0.39 is 11.0 Å². The molecule has 0 saturated heterocycles. The highest BCUT2D eigenvalue weighted by Crippen LogP contribution is 2.30. The van der Waals surface area contributed by atoms with Crippen LogP contribution in [-0.4, -0.2) is 31.2 Å². The number of hydrogen-bond acceptors (Lipinski definition) is 4. The molecule has 0 radical (unpaired) electrons. The SMILES string of the molecule is COc1cc(/C=N/[S@@](=O)c2ccc(C)cc2)c(CCOCc2ccccc2)cc1OC. The molecule has 0 aliphatic carbocycles. The Bertz CT molecular complexity index is 1030. The van der Waals surface area contributed by atoms with Gasteiger partial charge in [0.05, 0.1) is 32.3 Å². The molecule has 0 amide bonds. The van der Waals surface area contributed by atoms with Crippen LogP contribution in [0.25, 0.3) is 0 Å². The van der Waals surface area contributed by atoms with Crippen molar-refractivity contribution in [3.63, 3.8) is 0 Å². The lowest BCUT2D eigenvalue weighted by Crippen LogP contribution is -2.04. The van der Waals surface area contributed by atoms with E-state index in [-0.39, 0.29) is 0 Å². The summed E-state index contributed by atoms with van der Waals surface area (Å²) in [5.41, 5.74) is 4.05. The highest BCUT2D eigenvalue weighted by atomic mass is 32.2. The fraction of sp³-hybridized carbons (Fsp3) is 0.240. The van der Waals surface area contributed by atoms with Crippen LogP contribution in [-0.2, 0) is 28.8 Å². The lowest BCUT2D eigenvalue weighted by molar-refractivity contribution is 0.124. The maximum absolute atomic E-state index is 12.6. The smallest absolute Gasteiger partial charge is 0.172 e. The first-order chi connectivity index (χ1) is 15.1. The van der Waals surface area contributed by atoms with Crippen molar-refractivity contribution in [2.24, 2.45) is 4.40 Å². The van der Waals surface area contributed by atoms with E-state index in [2.05, 4.69) is 4.40 Å². The van der Waals surface area contributed by atoms with Crippen LogP contribution in [0.1, 0.15) is 22.3 Å². The first-order valence-corrected chi connectivity index (χ1v) is 11.1. The van der Waals surface area contributed by atoms with Crippen molar-refractivity contribution < 1.29 is 18.4 Å². The minimum atomic E-state index is -1.48. The average Bonchev–Trinajstić information content (AvgIpc) is 2.81. The topological polar surface area (TPSA) is 57.1 Å². The van der Waals surface area contributed by atoms with Gasteiger partial charge in [-0.1, -0.05) is 48.0 Å². The first kappa shape index (κ1) is 22.7. The van der Waals surface area contributed by atoms with Gasteiger partial charge < -0.3 is 14.2 Å². The van der Waals surface area contributed by atoms with E-state index in [0.29, 0.717) is 36.0 Å². The molecule has 0 heterocycles. The van der Waals surface area contributed by atoms with Gasteiger partial charge >= 0.3 is 0 Å². The highest BCUT2D eigenvalue weighted by molar-refractivity contribution is 7.83.